The van der Waals surface area contributed by atoms with E-state index in [1.165, 1.54) is 25.9 Å². The van der Waals surface area contributed by atoms with Crippen molar-refractivity contribution in [3.05, 3.63) is 0 Å². The highest BCUT2D eigenvalue weighted by molar-refractivity contribution is 4.99. The van der Waals surface area contributed by atoms with E-state index in [1.54, 1.807) is 0 Å². The third-order valence-electron chi connectivity index (χ3n) is 3.69. The van der Waals surface area contributed by atoms with Gasteiger partial charge < -0.3 is 10.2 Å². The smallest absolute Gasteiger partial charge is 0.0867 e. The van der Waals surface area contributed by atoms with Crippen molar-refractivity contribution < 1.29 is 0 Å². The third kappa shape index (κ3) is 2.49. The summed E-state index contributed by atoms with van der Waals surface area (Å²) in [7, 11) is 2.18. The van der Waals surface area contributed by atoms with Gasteiger partial charge in [0, 0.05) is 25.2 Å². The van der Waals surface area contributed by atoms with Crippen molar-refractivity contribution >= 4 is 0 Å². The lowest BCUT2D eigenvalue weighted by molar-refractivity contribution is 0.0812. The second kappa shape index (κ2) is 4.48. The molecular weight excluding hydrogens is 188 g/mol. The molecule has 2 aliphatic rings. The molecule has 15 heavy (non-hydrogen) atoms. The summed E-state index contributed by atoms with van der Waals surface area (Å²) in [6.45, 7) is 6.03. The molecule has 0 radical (unpaired) electrons. The molecule has 0 aromatic carbocycles. The van der Waals surface area contributed by atoms with Crippen LogP contribution < -0.4 is 5.32 Å². The summed E-state index contributed by atoms with van der Waals surface area (Å²) in [6.07, 6.45) is 2.43. The Labute approximate surface area is 91.8 Å². The lowest BCUT2D eigenvalue weighted by Gasteiger charge is -2.47. The predicted molar refractivity (Wildman–Crippen MR) is 59.5 cm³/mol. The summed E-state index contributed by atoms with van der Waals surface area (Å²) < 4.78 is 0. The molecule has 0 aliphatic carbocycles. The topological polar surface area (TPSA) is 42.3 Å². The average molecular weight is 208 g/mol. The van der Waals surface area contributed by atoms with Crippen molar-refractivity contribution in [1.29, 1.82) is 5.26 Å². The minimum absolute atomic E-state index is 0.293. The molecule has 2 aliphatic heterocycles. The highest BCUT2D eigenvalue weighted by atomic mass is 15.2. The van der Waals surface area contributed by atoms with Gasteiger partial charge in [0.2, 0.25) is 0 Å². The molecule has 84 valence electrons. The lowest BCUT2D eigenvalue weighted by Crippen LogP contribution is -2.63. The first-order valence-corrected chi connectivity index (χ1v) is 5.77. The highest BCUT2D eigenvalue weighted by Gasteiger charge is 2.37. The van der Waals surface area contributed by atoms with Crippen LogP contribution in [-0.2, 0) is 0 Å². The van der Waals surface area contributed by atoms with E-state index in [4.69, 9.17) is 5.26 Å². The SMILES string of the molecule is CN1CCC2(CC1)CN(CC#N)CCN2. The molecule has 0 aromatic rings. The summed E-state index contributed by atoms with van der Waals surface area (Å²) >= 11 is 0. The summed E-state index contributed by atoms with van der Waals surface area (Å²) in [4.78, 5) is 4.66. The zero-order valence-corrected chi connectivity index (χ0v) is 9.50. The Morgan fingerprint density at radius 2 is 2.07 bits per heavy atom. The maximum absolute atomic E-state index is 8.73. The molecule has 0 amide bonds. The van der Waals surface area contributed by atoms with E-state index in [2.05, 4.69) is 28.2 Å². The maximum atomic E-state index is 8.73. The number of nitriles is 1. The van der Waals surface area contributed by atoms with Crippen LogP contribution in [0.4, 0.5) is 0 Å². The predicted octanol–water partition coefficient (Wildman–Crippen LogP) is -0.120. The molecule has 2 fully saturated rings. The van der Waals surface area contributed by atoms with Crippen LogP contribution >= 0.6 is 0 Å². The van der Waals surface area contributed by atoms with E-state index in [9.17, 15) is 0 Å². The standard InChI is InChI=1S/C11H20N4/c1-14-6-2-11(3-7-14)10-15(8-4-12)9-5-13-11/h13H,2-3,5-10H2,1H3. The number of likely N-dealkylation sites (tertiary alicyclic amines) is 1. The molecular formula is C11H20N4. The summed E-state index contributed by atoms with van der Waals surface area (Å²) in [5.41, 5.74) is 0.293. The normalized spacial score (nSPS) is 27.7. The van der Waals surface area contributed by atoms with Crippen molar-refractivity contribution in [2.45, 2.75) is 18.4 Å². The fourth-order valence-electron chi connectivity index (χ4n) is 2.66. The lowest BCUT2D eigenvalue weighted by atomic mass is 9.85. The number of nitrogens with zero attached hydrogens (tertiary/aromatic N) is 3. The summed E-state index contributed by atoms with van der Waals surface area (Å²) in [5.74, 6) is 0. The van der Waals surface area contributed by atoms with Crippen LogP contribution in [-0.4, -0.2) is 61.7 Å². The van der Waals surface area contributed by atoms with E-state index >= 15 is 0 Å². The fourth-order valence-corrected chi connectivity index (χ4v) is 2.66. The van der Waals surface area contributed by atoms with Gasteiger partial charge in [-0.15, -0.1) is 0 Å². The highest BCUT2D eigenvalue weighted by Crippen LogP contribution is 2.24. The third-order valence-corrected chi connectivity index (χ3v) is 3.69. The molecule has 1 spiro atoms. The van der Waals surface area contributed by atoms with Gasteiger partial charge in [0.05, 0.1) is 12.6 Å². The van der Waals surface area contributed by atoms with Crippen LogP contribution in [0.25, 0.3) is 0 Å². The van der Waals surface area contributed by atoms with E-state index in [0.29, 0.717) is 12.1 Å². The zero-order chi connectivity index (χ0) is 10.7. The van der Waals surface area contributed by atoms with Gasteiger partial charge in [-0.3, -0.25) is 4.90 Å². The Hall–Kier alpha value is -0.630. The first-order chi connectivity index (χ1) is 7.24. The number of hydrogen-bond acceptors (Lipinski definition) is 4. The largest absolute Gasteiger partial charge is 0.309 e. The van der Waals surface area contributed by atoms with Gasteiger partial charge in [-0.1, -0.05) is 0 Å². The molecule has 0 saturated carbocycles. The van der Waals surface area contributed by atoms with E-state index in [0.717, 1.165) is 19.6 Å². The van der Waals surface area contributed by atoms with Crippen LogP contribution in [0.2, 0.25) is 0 Å². The van der Waals surface area contributed by atoms with Gasteiger partial charge >= 0.3 is 0 Å². The van der Waals surface area contributed by atoms with Crippen molar-refractivity contribution in [3.63, 3.8) is 0 Å². The Balaban J connectivity index is 1.94. The van der Waals surface area contributed by atoms with Crippen LogP contribution in [0.1, 0.15) is 12.8 Å². The van der Waals surface area contributed by atoms with Crippen LogP contribution in [0.3, 0.4) is 0 Å². The maximum Gasteiger partial charge on any atom is 0.0867 e. The van der Waals surface area contributed by atoms with Gasteiger partial charge in [-0.2, -0.15) is 5.26 Å². The van der Waals surface area contributed by atoms with E-state index < -0.39 is 0 Å². The first-order valence-electron chi connectivity index (χ1n) is 5.77. The second-order valence-electron chi connectivity index (χ2n) is 4.88. The first kappa shape index (κ1) is 10.9. The van der Waals surface area contributed by atoms with Gasteiger partial charge in [0.1, 0.15) is 0 Å². The van der Waals surface area contributed by atoms with Gasteiger partial charge in [0.15, 0.2) is 0 Å². The molecule has 4 nitrogen and oxygen atoms in total. The molecule has 2 rings (SSSR count). The number of piperazine rings is 1. The van der Waals surface area contributed by atoms with E-state index in [1.807, 2.05) is 0 Å². The average Bonchev–Trinajstić information content (AvgIpc) is 2.24. The van der Waals surface area contributed by atoms with Crippen LogP contribution in [0.15, 0.2) is 0 Å². The fraction of sp³-hybridized carbons (Fsp3) is 0.909. The molecule has 1 N–H and O–H groups in total. The van der Waals surface area contributed by atoms with E-state index in [-0.39, 0.29) is 0 Å². The molecule has 0 aromatic heterocycles. The van der Waals surface area contributed by atoms with Gasteiger partial charge in [-0.05, 0) is 33.0 Å². The molecule has 0 bridgehead atoms. The quantitative estimate of drug-likeness (QED) is 0.610. The molecule has 4 heteroatoms. The number of hydrogen-bond donors (Lipinski definition) is 1. The number of nitrogens with one attached hydrogen (secondary N) is 1. The number of rotatable bonds is 1. The molecule has 0 unspecified atom stereocenters. The summed E-state index contributed by atoms with van der Waals surface area (Å²) in [6, 6.07) is 2.26. The monoisotopic (exact) mass is 208 g/mol. The zero-order valence-electron chi connectivity index (χ0n) is 9.50. The Bertz CT molecular complexity index is 250. The molecule has 2 saturated heterocycles. The molecule has 2 heterocycles. The van der Waals surface area contributed by atoms with Crippen molar-refractivity contribution in [2.24, 2.45) is 0 Å². The second-order valence-corrected chi connectivity index (χ2v) is 4.88. The minimum atomic E-state index is 0.293. The Kier molecular flexibility index (Phi) is 3.25. The van der Waals surface area contributed by atoms with Crippen LogP contribution in [0.5, 0.6) is 0 Å². The van der Waals surface area contributed by atoms with Crippen molar-refractivity contribution in [3.8, 4) is 6.07 Å². The molecule has 0 atom stereocenters. The Morgan fingerprint density at radius 1 is 1.33 bits per heavy atom. The van der Waals surface area contributed by atoms with Crippen LogP contribution in [0, 0.1) is 11.3 Å². The summed E-state index contributed by atoms with van der Waals surface area (Å²) in [5, 5.41) is 12.4. The van der Waals surface area contributed by atoms with Crippen molar-refractivity contribution in [1.82, 2.24) is 15.1 Å². The van der Waals surface area contributed by atoms with Crippen molar-refractivity contribution in [2.75, 3.05) is 46.3 Å². The minimum Gasteiger partial charge on any atom is -0.309 e. The van der Waals surface area contributed by atoms with Gasteiger partial charge in [0.25, 0.3) is 0 Å². The number of piperidine rings is 1. The Morgan fingerprint density at radius 3 is 2.73 bits per heavy atom. The van der Waals surface area contributed by atoms with Gasteiger partial charge in [-0.25, -0.2) is 0 Å².